The molecule has 0 fully saturated rings. The van der Waals surface area contributed by atoms with Crippen LogP contribution >= 0.6 is 0 Å². The van der Waals surface area contributed by atoms with Crippen LogP contribution < -0.4 is 5.73 Å². The van der Waals surface area contributed by atoms with Crippen molar-refractivity contribution in [3.8, 4) is 0 Å². The summed E-state index contributed by atoms with van der Waals surface area (Å²) in [5, 5.41) is 0. The molecule has 4 heteroatoms. The van der Waals surface area contributed by atoms with Gasteiger partial charge in [-0.2, -0.15) is 0 Å². The summed E-state index contributed by atoms with van der Waals surface area (Å²) in [6.45, 7) is 3.45. The SMILES string of the molecule is [CH2]CC(N)C[SH](=O)=O. The Morgan fingerprint density at radius 2 is 2.12 bits per heavy atom. The average molecular weight is 136 g/mol. The first kappa shape index (κ1) is 7.91. The van der Waals surface area contributed by atoms with Gasteiger partial charge in [-0.15, -0.1) is 0 Å². The fraction of sp³-hybridized carbons (Fsp3) is 0.750. The maximum Gasteiger partial charge on any atom is 0.141 e. The highest BCUT2D eigenvalue weighted by molar-refractivity contribution is 7.72. The lowest BCUT2D eigenvalue weighted by Gasteiger charge is -1.99. The monoisotopic (exact) mass is 136 g/mol. The van der Waals surface area contributed by atoms with Crippen molar-refractivity contribution in [2.24, 2.45) is 5.73 Å². The Hall–Kier alpha value is -0.0900. The van der Waals surface area contributed by atoms with Crippen LogP contribution in [0.15, 0.2) is 0 Å². The van der Waals surface area contributed by atoms with Gasteiger partial charge in [0, 0.05) is 6.04 Å². The van der Waals surface area contributed by atoms with E-state index in [9.17, 15) is 8.42 Å². The molecule has 0 aromatic rings. The fourth-order valence-corrected chi connectivity index (χ4v) is 0.848. The standard InChI is InChI=1S/C4H10NO2S/c1-2-4(5)3-8(6)7/h4,8H,1-3,5H2. The molecule has 0 aliphatic carbocycles. The molecule has 2 N–H and O–H groups in total. The summed E-state index contributed by atoms with van der Waals surface area (Å²) >= 11 is 0. The molecule has 49 valence electrons. The summed E-state index contributed by atoms with van der Waals surface area (Å²) in [7, 11) is -2.31. The van der Waals surface area contributed by atoms with Crippen molar-refractivity contribution < 1.29 is 8.42 Å². The molecule has 1 atom stereocenters. The van der Waals surface area contributed by atoms with Crippen LogP contribution in [0.5, 0.6) is 0 Å². The van der Waals surface area contributed by atoms with Crippen LogP contribution in [0.1, 0.15) is 6.42 Å². The Balaban J connectivity index is 3.39. The Kier molecular flexibility index (Phi) is 3.81. The van der Waals surface area contributed by atoms with E-state index >= 15 is 0 Å². The quantitative estimate of drug-likeness (QED) is 0.497. The number of hydrogen-bond acceptors (Lipinski definition) is 3. The molecule has 0 saturated heterocycles. The van der Waals surface area contributed by atoms with Crippen molar-refractivity contribution in [1.82, 2.24) is 0 Å². The van der Waals surface area contributed by atoms with Gasteiger partial charge >= 0.3 is 0 Å². The van der Waals surface area contributed by atoms with E-state index in [1.807, 2.05) is 0 Å². The zero-order chi connectivity index (χ0) is 6.57. The molecule has 8 heavy (non-hydrogen) atoms. The molecular weight excluding hydrogens is 126 g/mol. The minimum absolute atomic E-state index is 0.0544. The van der Waals surface area contributed by atoms with Crippen LogP contribution in [-0.4, -0.2) is 20.2 Å². The lowest BCUT2D eigenvalue weighted by atomic mass is 10.3. The maximum atomic E-state index is 9.90. The molecule has 0 rings (SSSR count). The first-order valence-electron chi connectivity index (χ1n) is 2.33. The predicted molar refractivity (Wildman–Crippen MR) is 33.1 cm³/mol. The molecule has 1 unspecified atom stereocenters. The van der Waals surface area contributed by atoms with Crippen molar-refractivity contribution >= 4 is 10.7 Å². The van der Waals surface area contributed by atoms with Crippen molar-refractivity contribution in [2.45, 2.75) is 12.5 Å². The van der Waals surface area contributed by atoms with Gasteiger partial charge < -0.3 is 5.73 Å². The van der Waals surface area contributed by atoms with Crippen LogP contribution in [-0.2, 0) is 10.7 Å². The minimum Gasteiger partial charge on any atom is -0.327 e. The van der Waals surface area contributed by atoms with Crippen LogP contribution in [0, 0.1) is 6.92 Å². The van der Waals surface area contributed by atoms with Gasteiger partial charge in [0.2, 0.25) is 0 Å². The van der Waals surface area contributed by atoms with E-state index in [0.29, 0.717) is 6.42 Å². The Labute approximate surface area is 50.8 Å². The van der Waals surface area contributed by atoms with Crippen molar-refractivity contribution in [1.29, 1.82) is 0 Å². The summed E-state index contributed by atoms with van der Waals surface area (Å²) in [6, 6.07) is -0.281. The van der Waals surface area contributed by atoms with Gasteiger partial charge in [0.25, 0.3) is 0 Å². The molecule has 0 aromatic heterocycles. The highest BCUT2D eigenvalue weighted by Crippen LogP contribution is 1.83. The normalized spacial score (nSPS) is 14.4. The summed E-state index contributed by atoms with van der Waals surface area (Å²) < 4.78 is 19.8. The van der Waals surface area contributed by atoms with E-state index in [1.165, 1.54) is 0 Å². The van der Waals surface area contributed by atoms with E-state index in [2.05, 4.69) is 6.92 Å². The lowest BCUT2D eigenvalue weighted by molar-refractivity contribution is 0.605. The van der Waals surface area contributed by atoms with Crippen molar-refractivity contribution in [2.75, 3.05) is 5.75 Å². The van der Waals surface area contributed by atoms with Crippen LogP contribution in [0.4, 0.5) is 0 Å². The first-order valence-corrected chi connectivity index (χ1v) is 3.69. The van der Waals surface area contributed by atoms with Gasteiger partial charge in [-0.1, -0.05) is 6.92 Å². The topological polar surface area (TPSA) is 60.2 Å². The zero-order valence-corrected chi connectivity index (χ0v) is 5.43. The molecule has 1 radical (unpaired) electrons. The van der Waals surface area contributed by atoms with Crippen molar-refractivity contribution in [3.63, 3.8) is 0 Å². The molecule has 3 nitrogen and oxygen atoms in total. The molecule has 0 aromatic carbocycles. The van der Waals surface area contributed by atoms with E-state index in [1.54, 1.807) is 0 Å². The molecule has 0 amide bonds. The Morgan fingerprint density at radius 3 is 2.25 bits per heavy atom. The van der Waals surface area contributed by atoms with Gasteiger partial charge in [-0.25, -0.2) is 8.42 Å². The Morgan fingerprint density at radius 1 is 1.62 bits per heavy atom. The number of thiol groups is 1. The molecular formula is C4H10NO2S. The van der Waals surface area contributed by atoms with Gasteiger partial charge in [0.15, 0.2) is 0 Å². The Bertz CT molecular complexity index is 113. The summed E-state index contributed by atoms with van der Waals surface area (Å²) in [5.41, 5.74) is 5.23. The fourth-order valence-electron chi connectivity index (χ4n) is 0.283. The van der Waals surface area contributed by atoms with E-state index in [-0.39, 0.29) is 11.8 Å². The molecule has 0 aliphatic heterocycles. The van der Waals surface area contributed by atoms with Crippen LogP contribution in [0.3, 0.4) is 0 Å². The molecule has 0 aliphatic rings. The second kappa shape index (κ2) is 3.86. The number of rotatable bonds is 3. The van der Waals surface area contributed by atoms with E-state index in [0.717, 1.165) is 0 Å². The summed E-state index contributed by atoms with van der Waals surface area (Å²) in [6.07, 6.45) is 0.476. The highest BCUT2D eigenvalue weighted by Gasteiger charge is 1.97. The first-order chi connectivity index (χ1) is 3.66. The third-order valence-electron chi connectivity index (χ3n) is 0.754. The summed E-state index contributed by atoms with van der Waals surface area (Å²) in [4.78, 5) is 0. The molecule has 0 saturated carbocycles. The van der Waals surface area contributed by atoms with Crippen molar-refractivity contribution in [3.05, 3.63) is 6.92 Å². The largest absolute Gasteiger partial charge is 0.327 e. The third kappa shape index (κ3) is 4.08. The second-order valence-electron chi connectivity index (χ2n) is 1.56. The summed E-state index contributed by atoms with van der Waals surface area (Å²) in [5.74, 6) is 0.0544. The number of hydrogen-bond donors (Lipinski definition) is 2. The van der Waals surface area contributed by atoms with Crippen LogP contribution in [0.2, 0.25) is 0 Å². The minimum atomic E-state index is -2.31. The second-order valence-corrected chi connectivity index (χ2v) is 2.59. The third-order valence-corrected chi connectivity index (χ3v) is 1.52. The smallest absolute Gasteiger partial charge is 0.141 e. The van der Waals surface area contributed by atoms with E-state index in [4.69, 9.17) is 5.73 Å². The average Bonchev–Trinajstić information content (AvgIpc) is 1.65. The molecule has 0 spiro atoms. The molecule has 0 bridgehead atoms. The predicted octanol–water partition coefficient (Wildman–Crippen LogP) is -0.851. The van der Waals surface area contributed by atoms with Crippen LogP contribution in [0.25, 0.3) is 0 Å². The van der Waals surface area contributed by atoms with E-state index < -0.39 is 10.7 Å². The lowest BCUT2D eigenvalue weighted by Crippen LogP contribution is -2.23. The van der Waals surface area contributed by atoms with Gasteiger partial charge in [0.05, 0.1) is 5.75 Å². The maximum absolute atomic E-state index is 9.90. The van der Waals surface area contributed by atoms with Gasteiger partial charge in [-0.05, 0) is 6.42 Å². The number of nitrogens with two attached hydrogens (primary N) is 1. The van der Waals surface area contributed by atoms with Gasteiger partial charge in [0.1, 0.15) is 10.7 Å². The molecule has 0 heterocycles. The zero-order valence-electron chi connectivity index (χ0n) is 4.54. The highest BCUT2D eigenvalue weighted by atomic mass is 32.2. The van der Waals surface area contributed by atoms with Gasteiger partial charge in [-0.3, -0.25) is 0 Å².